The first kappa shape index (κ1) is 20.9. The van der Waals surface area contributed by atoms with Gasteiger partial charge in [0.15, 0.2) is 24.6 Å². The van der Waals surface area contributed by atoms with Crippen LogP contribution in [-0.4, -0.2) is 48.6 Å². The highest BCUT2D eigenvalue weighted by atomic mass is 16.7. The van der Waals surface area contributed by atoms with Crippen LogP contribution in [0.2, 0.25) is 0 Å². The Labute approximate surface area is 157 Å². The number of hydrogen-bond acceptors (Lipinski definition) is 8. The Bertz CT molecular complexity index is 659. The first-order chi connectivity index (χ1) is 12.8. The summed E-state index contributed by atoms with van der Waals surface area (Å²) in [6.07, 6.45) is -4.73. The minimum Gasteiger partial charge on any atom is -0.456 e. The predicted octanol–water partition coefficient (Wildman–Crippen LogP) is 1.74. The fraction of sp³-hybridized carbons (Fsp3) is 0.526. The third kappa shape index (κ3) is 6.04. The third-order valence-electron chi connectivity index (χ3n) is 3.89. The fourth-order valence-corrected chi connectivity index (χ4v) is 2.86. The summed E-state index contributed by atoms with van der Waals surface area (Å²) < 4.78 is 27.4. The minimum atomic E-state index is -1.09. The van der Waals surface area contributed by atoms with Crippen LogP contribution in [0.5, 0.6) is 0 Å². The van der Waals surface area contributed by atoms with Gasteiger partial charge in [-0.25, -0.2) is 0 Å². The monoisotopic (exact) mass is 380 g/mol. The Hall–Kier alpha value is -2.45. The largest absolute Gasteiger partial charge is 0.456 e. The molecule has 1 heterocycles. The van der Waals surface area contributed by atoms with Crippen molar-refractivity contribution in [1.29, 1.82) is 0 Å². The summed E-state index contributed by atoms with van der Waals surface area (Å²) in [6, 6.07) is 9.36. The molecule has 1 aliphatic rings. The number of carbonyl (C=O) groups is 3. The molecule has 5 atom stereocenters. The van der Waals surface area contributed by atoms with E-state index in [9.17, 15) is 14.4 Å². The van der Waals surface area contributed by atoms with E-state index in [0.29, 0.717) is 0 Å². The van der Waals surface area contributed by atoms with Gasteiger partial charge in [0, 0.05) is 20.8 Å². The van der Waals surface area contributed by atoms with Crippen LogP contribution in [0, 0.1) is 0 Å². The van der Waals surface area contributed by atoms with Gasteiger partial charge in [-0.15, -0.1) is 0 Å². The van der Waals surface area contributed by atoms with Gasteiger partial charge in [0.05, 0.1) is 12.7 Å². The lowest BCUT2D eigenvalue weighted by Gasteiger charge is -2.43. The van der Waals surface area contributed by atoms with E-state index in [1.807, 2.05) is 30.3 Å². The molecule has 0 bridgehead atoms. The molecule has 8 heteroatoms. The number of carbonyl (C=O) groups excluding carboxylic acids is 3. The van der Waals surface area contributed by atoms with Crippen molar-refractivity contribution in [1.82, 2.24) is 0 Å². The summed E-state index contributed by atoms with van der Waals surface area (Å²) in [5.41, 5.74) is 0.890. The highest BCUT2D eigenvalue weighted by Gasteiger charge is 2.50. The molecule has 0 amide bonds. The fourth-order valence-electron chi connectivity index (χ4n) is 2.86. The van der Waals surface area contributed by atoms with Crippen LogP contribution < -0.4 is 0 Å². The number of esters is 3. The van der Waals surface area contributed by atoms with Crippen molar-refractivity contribution in [3.63, 3.8) is 0 Å². The van der Waals surface area contributed by atoms with E-state index >= 15 is 0 Å². The molecule has 0 aliphatic carbocycles. The Balaban J connectivity index is 2.24. The second-order valence-electron chi connectivity index (χ2n) is 6.23. The van der Waals surface area contributed by atoms with E-state index in [1.54, 1.807) is 6.92 Å². The Kier molecular flexibility index (Phi) is 7.32. The van der Waals surface area contributed by atoms with Crippen LogP contribution in [0.25, 0.3) is 0 Å². The third-order valence-corrected chi connectivity index (χ3v) is 3.89. The lowest BCUT2D eigenvalue weighted by Crippen LogP contribution is -2.61. The van der Waals surface area contributed by atoms with Crippen LogP contribution in [-0.2, 0) is 44.7 Å². The number of hydrogen-bond donors (Lipinski definition) is 0. The average molecular weight is 380 g/mol. The highest BCUT2D eigenvalue weighted by Crippen LogP contribution is 2.29. The maximum absolute atomic E-state index is 11.6. The molecule has 2 rings (SSSR count). The smallest absolute Gasteiger partial charge is 0.303 e. The van der Waals surface area contributed by atoms with Crippen molar-refractivity contribution in [2.24, 2.45) is 0 Å². The molecule has 148 valence electrons. The number of ether oxygens (including phenoxy) is 5. The summed E-state index contributed by atoms with van der Waals surface area (Å²) >= 11 is 0. The van der Waals surface area contributed by atoms with Crippen molar-refractivity contribution >= 4 is 17.9 Å². The summed E-state index contributed by atoms with van der Waals surface area (Å²) in [6.45, 7) is 5.53. The molecule has 8 nitrogen and oxygen atoms in total. The normalized spacial score (nSPS) is 27.5. The number of benzene rings is 1. The van der Waals surface area contributed by atoms with Crippen LogP contribution in [0.1, 0.15) is 33.3 Å². The van der Waals surface area contributed by atoms with Crippen LogP contribution in [0.15, 0.2) is 30.3 Å². The van der Waals surface area contributed by atoms with E-state index < -0.39 is 48.6 Å². The molecule has 0 radical (unpaired) electrons. The molecular weight excluding hydrogens is 356 g/mol. The van der Waals surface area contributed by atoms with Crippen LogP contribution >= 0.6 is 0 Å². The van der Waals surface area contributed by atoms with Gasteiger partial charge in [-0.1, -0.05) is 30.3 Å². The molecule has 0 saturated carbocycles. The van der Waals surface area contributed by atoms with E-state index in [4.69, 9.17) is 23.7 Å². The minimum absolute atomic E-state index is 0.195. The van der Waals surface area contributed by atoms with Gasteiger partial charge in [-0.2, -0.15) is 0 Å². The maximum Gasteiger partial charge on any atom is 0.303 e. The zero-order chi connectivity index (χ0) is 20.0. The molecule has 1 unspecified atom stereocenters. The van der Waals surface area contributed by atoms with E-state index in [0.717, 1.165) is 5.56 Å². The lowest BCUT2D eigenvalue weighted by atomic mass is 9.99. The van der Waals surface area contributed by atoms with Gasteiger partial charge in [0.25, 0.3) is 0 Å². The SMILES string of the molecule is CC(=O)O[C@@H]1[C@@H](OC(C)=O)[C@@H](OC(C)=O)C(OCc2ccccc2)O[C@H]1C. The average Bonchev–Trinajstić information content (AvgIpc) is 2.59. The Morgan fingerprint density at radius 1 is 0.852 bits per heavy atom. The lowest BCUT2D eigenvalue weighted by molar-refractivity contribution is -0.303. The van der Waals surface area contributed by atoms with Crippen LogP contribution in [0.4, 0.5) is 0 Å². The summed E-state index contributed by atoms with van der Waals surface area (Å²) in [7, 11) is 0. The van der Waals surface area contributed by atoms with Gasteiger partial charge in [0.1, 0.15) is 0 Å². The standard InChI is InChI=1S/C19H24O8/c1-11-16(25-12(2)20)17(26-13(3)21)18(27-14(4)22)19(24-11)23-10-15-8-6-5-7-9-15/h5-9,11,16-19H,10H2,1-4H3/t11-,16-,17+,18+,19?/m0/s1. The molecule has 1 aliphatic heterocycles. The molecule has 27 heavy (non-hydrogen) atoms. The van der Waals surface area contributed by atoms with Crippen LogP contribution in [0.3, 0.4) is 0 Å². The molecular formula is C19H24O8. The van der Waals surface area contributed by atoms with Gasteiger partial charge in [-0.05, 0) is 12.5 Å². The van der Waals surface area contributed by atoms with Gasteiger partial charge < -0.3 is 23.7 Å². The molecule has 1 aromatic carbocycles. The Morgan fingerprint density at radius 2 is 1.37 bits per heavy atom. The predicted molar refractivity (Wildman–Crippen MR) is 92.2 cm³/mol. The van der Waals surface area contributed by atoms with E-state index in [2.05, 4.69) is 0 Å². The molecule has 0 aromatic heterocycles. The van der Waals surface area contributed by atoms with Gasteiger partial charge in [-0.3, -0.25) is 14.4 Å². The van der Waals surface area contributed by atoms with E-state index in [1.165, 1.54) is 20.8 Å². The Morgan fingerprint density at radius 3 is 1.93 bits per heavy atom. The zero-order valence-corrected chi connectivity index (χ0v) is 15.7. The van der Waals surface area contributed by atoms with Crippen molar-refractivity contribution < 1.29 is 38.1 Å². The first-order valence-electron chi connectivity index (χ1n) is 8.60. The van der Waals surface area contributed by atoms with Crippen molar-refractivity contribution in [2.45, 2.75) is 65.0 Å². The molecule has 0 N–H and O–H groups in total. The van der Waals surface area contributed by atoms with Crippen molar-refractivity contribution in [2.75, 3.05) is 0 Å². The van der Waals surface area contributed by atoms with Gasteiger partial charge >= 0.3 is 17.9 Å². The molecule has 1 saturated heterocycles. The summed E-state index contributed by atoms with van der Waals surface area (Å²) in [5, 5.41) is 0. The second kappa shape index (κ2) is 9.48. The molecule has 1 aromatic rings. The molecule has 1 fully saturated rings. The topological polar surface area (TPSA) is 97.4 Å². The van der Waals surface area contributed by atoms with Crippen molar-refractivity contribution in [3.8, 4) is 0 Å². The highest BCUT2D eigenvalue weighted by molar-refractivity contribution is 5.68. The maximum atomic E-state index is 11.6. The zero-order valence-electron chi connectivity index (χ0n) is 15.7. The quantitative estimate of drug-likeness (QED) is 0.544. The first-order valence-corrected chi connectivity index (χ1v) is 8.60. The van der Waals surface area contributed by atoms with E-state index in [-0.39, 0.29) is 6.61 Å². The summed E-state index contributed by atoms with van der Waals surface area (Å²) in [5.74, 6) is -1.78. The molecule has 0 spiro atoms. The second-order valence-corrected chi connectivity index (χ2v) is 6.23. The van der Waals surface area contributed by atoms with Crippen molar-refractivity contribution in [3.05, 3.63) is 35.9 Å². The number of rotatable bonds is 6. The van der Waals surface area contributed by atoms with Gasteiger partial charge in [0.2, 0.25) is 0 Å². The summed E-state index contributed by atoms with van der Waals surface area (Å²) in [4.78, 5) is 34.6.